The van der Waals surface area contributed by atoms with E-state index in [-0.39, 0.29) is 6.04 Å². The Balaban J connectivity index is 2.31. The van der Waals surface area contributed by atoms with E-state index in [1.165, 1.54) is 0 Å². The largest absolute Gasteiger partial charge is 0.271 e. The highest BCUT2D eigenvalue weighted by Gasteiger charge is 2.15. The highest BCUT2D eigenvalue weighted by molar-refractivity contribution is 9.11. The van der Waals surface area contributed by atoms with E-state index in [0.717, 1.165) is 37.1 Å². The number of nitrogens with one attached hydrogen (secondary N) is 1. The van der Waals surface area contributed by atoms with E-state index >= 15 is 0 Å². The minimum absolute atomic E-state index is 0.0120. The first-order chi connectivity index (χ1) is 9.51. The Kier molecular flexibility index (Phi) is 5.64. The van der Waals surface area contributed by atoms with Crippen molar-refractivity contribution in [3.05, 3.63) is 67.1 Å². The molecule has 2 nitrogen and oxygen atoms in total. The molecule has 0 aromatic heterocycles. The Morgan fingerprint density at radius 3 is 2.60 bits per heavy atom. The van der Waals surface area contributed by atoms with Gasteiger partial charge in [0.25, 0.3) is 0 Å². The third-order valence-electron chi connectivity index (χ3n) is 3.17. The topological polar surface area (TPSA) is 38.0 Å². The van der Waals surface area contributed by atoms with E-state index in [2.05, 4.69) is 49.4 Å². The molecule has 1 unspecified atom stereocenters. The van der Waals surface area contributed by atoms with Crippen LogP contribution in [-0.4, -0.2) is 0 Å². The summed E-state index contributed by atoms with van der Waals surface area (Å²) < 4.78 is 2.04. The van der Waals surface area contributed by atoms with Crippen LogP contribution in [0.25, 0.3) is 0 Å². The second-order valence-electron chi connectivity index (χ2n) is 4.68. The molecule has 0 spiro atoms. The van der Waals surface area contributed by atoms with E-state index in [0.29, 0.717) is 0 Å². The molecule has 0 amide bonds. The number of rotatable bonds is 4. The second kappa shape index (κ2) is 7.05. The molecule has 0 bridgehead atoms. The third kappa shape index (κ3) is 3.83. The first kappa shape index (κ1) is 16.0. The van der Waals surface area contributed by atoms with Crippen LogP contribution in [0, 0.1) is 6.92 Å². The van der Waals surface area contributed by atoms with Crippen molar-refractivity contribution in [2.75, 3.05) is 0 Å². The van der Waals surface area contributed by atoms with E-state index in [1.54, 1.807) is 0 Å². The van der Waals surface area contributed by atoms with Crippen LogP contribution < -0.4 is 11.3 Å². The van der Waals surface area contributed by atoms with Gasteiger partial charge in [-0.15, -0.1) is 0 Å². The number of halogens is 3. The molecule has 0 saturated carbocycles. The van der Waals surface area contributed by atoms with Gasteiger partial charge in [-0.2, -0.15) is 0 Å². The zero-order valence-corrected chi connectivity index (χ0v) is 14.9. The molecule has 1 atom stereocenters. The van der Waals surface area contributed by atoms with E-state index < -0.39 is 0 Å². The number of hydrogen-bond donors (Lipinski definition) is 2. The molecule has 2 aromatic carbocycles. The van der Waals surface area contributed by atoms with Crippen molar-refractivity contribution in [3.8, 4) is 0 Å². The highest BCUT2D eigenvalue weighted by Crippen LogP contribution is 2.30. The molecule has 20 heavy (non-hydrogen) atoms. The summed E-state index contributed by atoms with van der Waals surface area (Å²) in [6, 6.07) is 12.1. The monoisotopic (exact) mass is 416 g/mol. The summed E-state index contributed by atoms with van der Waals surface area (Å²) >= 11 is 13.4. The van der Waals surface area contributed by atoms with Gasteiger partial charge in [0, 0.05) is 14.0 Å². The molecule has 0 saturated heterocycles. The lowest BCUT2D eigenvalue weighted by Gasteiger charge is -2.19. The Morgan fingerprint density at radius 1 is 1.20 bits per heavy atom. The summed E-state index contributed by atoms with van der Waals surface area (Å²) in [7, 11) is 0. The molecule has 2 aromatic rings. The number of benzene rings is 2. The van der Waals surface area contributed by atoms with Crippen LogP contribution in [0.5, 0.6) is 0 Å². The van der Waals surface area contributed by atoms with Crippen LogP contribution in [0.15, 0.2) is 45.3 Å². The number of hydrazine groups is 1. The highest BCUT2D eigenvalue weighted by atomic mass is 79.9. The average molecular weight is 419 g/mol. The molecular formula is C15H15Br2ClN2. The normalized spacial score (nSPS) is 12.4. The van der Waals surface area contributed by atoms with E-state index in [4.69, 9.17) is 17.4 Å². The van der Waals surface area contributed by atoms with Gasteiger partial charge >= 0.3 is 0 Å². The lowest BCUT2D eigenvalue weighted by Crippen LogP contribution is -2.30. The molecule has 106 valence electrons. The van der Waals surface area contributed by atoms with Crippen LogP contribution in [-0.2, 0) is 6.42 Å². The molecule has 3 N–H and O–H groups in total. The first-order valence-corrected chi connectivity index (χ1v) is 8.13. The van der Waals surface area contributed by atoms with Gasteiger partial charge in [-0.25, -0.2) is 0 Å². The van der Waals surface area contributed by atoms with Gasteiger partial charge in [0.1, 0.15) is 0 Å². The maximum atomic E-state index is 6.30. The molecular weight excluding hydrogens is 403 g/mol. The zero-order chi connectivity index (χ0) is 14.7. The molecule has 2 rings (SSSR count). The number of hydrogen-bond acceptors (Lipinski definition) is 2. The smallest absolute Gasteiger partial charge is 0.0512 e. The molecule has 0 heterocycles. The summed E-state index contributed by atoms with van der Waals surface area (Å²) in [5.41, 5.74) is 6.19. The SMILES string of the molecule is Cc1ccc(CC(NN)c2cc(Br)ccc2Br)c(Cl)c1. The Bertz CT molecular complexity index is 617. The van der Waals surface area contributed by atoms with Gasteiger partial charge in [-0.05, 0) is 54.3 Å². The van der Waals surface area contributed by atoms with Gasteiger partial charge in [0.05, 0.1) is 6.04 Å². The predicted octanol–water partition coefficient (Wildman–Crippen LogP) is 4.92. The maximum Gasteiger partial charge on any atom is 0.0512 e. The van der Waals surface area contributed by atoms with Crippen molar-refractivity contribution in [2.45, 2.75) is 19.4 Å². The lowest BCUT2D eigenvalue weighted by atomic mass is 9.99. The Hall–Kier alpha value is -0.390. The summed E-state index contributed by atoms with van der Waals surface area (Å²) in [6.07, 6.45) is 0.727. The molecule has 0 aliphatic rings. The third-order valence-corrected chi connectivity index (χ3v) is 4.73. The Morgan fingerprint density at radius 2 is 1.95 bits per heavy atom. The van der Waals surface area contributed by atoms with Crippen molar-refractivity contribution in [2.24, 2.45) is 5.84 Å². The summed E-state index contributed by atoms with van der Waals surface area (Å²) in [5, 5.41) is 0.774. The summed E-state index contributed by atoms with van der Waals surface area (Å²) in [6.45, 7) is 2.03. The summed E-state index contributed by atoms with van der Waals surface area (Å²) in [5.74, 6) is 5.72. The van der Waals surface area contributed by atoms with E-state index in [1.807, 2.05) is 31.2 Å². The number of nitrogens with two attached hydrogens (primary N) is 1. The molecule has 0 radical (unpaired) electrons. The van der Waals surface area contributed by atoms with Crippen LogP contribution in [0.2, 0.25) is 5.02 Å². The second-order valence-corrected chi connectivity index (χ2v) is 6.86. The fourth-order valence-corrected chi connectivity index (χ4v) is 3.29. The van der Waals surface area contributed by atoms with Crippen molar-refractivity contribution in [1.82, 2.24) is 5.43 Å². The maximum absolute atomic E-state index is 6.30. The minimum atomic E-state index is -0.0120. The van der Waals surface area contributed by atoms with Crippen LogP contribution in [0.4, 0.5) is 0 Å². The number of aryl methyl sites for hydroxylation is 1. The van der Waals surface area contributed by atoms with Crippen LogP contribution >= 0.6 is 43.5 Å². The Labute approximate surface area is 140 Å². The van der Waals surface area contributed by atoms with Gasteiger partial charge in [-0.3, -0.25) is 11.3 Å². The van der Waals surface area contributed by atoms with Crippen LogP contribution in [0.1, 0.15) is 22.7 Å². The molecule has 0 aliphatic carbocycles. The standard InChI is InChI=1S/C15H15Br2ClN2/c1-9-2-3-10(14(18)6-9)7-15(20-19)12-8-11(16)4-5-13(12)17/h2-6,8,15,20H,7,19H2,1H3. The van der Waals surface area contributed by atoms with Crippen molar-refractivity contribution < 1.29 is 0 Å². The predicted molar refractivity (Wildman–Crippen MR) is 91.8 cm³/mol. The van der Waals surface area contributed by atoms with Crippen molar-refractivity contribution >= 4 is 43.5 Å². The lowest BCUT2D eigenvalue weighted by molar-refractivity contribution is 0.550. The molecule has 5 heteroatoms. The quantitative estimate of drug-likeness (QED) is 0.546. The van der Waals surface area contributed by atoms with Gasteiger partial charge in [0.2, 0.25) is 0 Å². The fourth-order valence-electron chi connectivity index (χ4n) is 2.08. The van der Waals surface area contributed by atoms with Gasteiger partial charge in [0.15, 0.2) is 0 Å². The van der Waals surface area contributed by atoms with Gasteiger partial charge in [-0.1, -0.05) is 55.6 Å². The molecule has 0 aliphatic heterocycles. The molecule has 0 fully saturated rings. The van der Waals surface area contributed by atoms with Crippen LogP contribution in [0.3, 0.4) is 0 Å². The summed E-state index contributed by atoms with van der Waals surface area (Å²) in [4.78, 5) is 0. The first-order valence-electron chi connectivity index (χ1n) is 6.17. The van der Waals surface area contributed by atoms with Crippen molar-refractivity contribution in [3.63, 3.8) is 0 Å². The van der Waals surface area contributed by atoms with E-state index in [9.17, 15) is 0 Å². The fraction of sp³-hybridized carbons (Fsp3) is 0.200. The average Bonchev–Trinajstić information content (AvgIpc) is 2.41. The van der Waals surface area contributed by atoms with Crippen molar-refractivity contribution in [1.29, 1.82) is 0 Å². The van der Waals surface area contributed by atoms with Gasteiger partial charge < -0.3 is 0 Å². The zero-order valence-electron chi connectivity index (χ0n) is 11.0. The minimum Gasteiger partial charge on any atom is -0.271 e.